The monoisotopic (exact) mass is 249 g/mol. The molecule has 5 nitrogen and oxygen atoms in total. The average Bonchev–Trinajstić information content (AvgIpc) is 2.71. The first-order chi connectivity index (χ1) is 8.10. The summed E-state index contributed by atoms with van der Waals surface area (Å²) >= 11 is 0. The summed E-state index contributed by atoms with van der Waals surface area (Å²) in [6.45, 7) is 3.71. The maximum atomic E-state index is 12.6. The number of nitrogens with zero attached hydrogens (tertiary/aromatic N) is 1. The van der Waals surface area contributed by atoms with Gasteiger partial charge in [0.1, 0.15) is 6.61 Å². The van der Waals surface area contributed by atoms with Gasteiger partial charge in [-0.25, -0.2) is 18.6 Å². The highest BCUT2D eigenvalue weighted by atomic mass is 19.3. The molecular formula is C10H13F2NO4. The van der Waals surface area contributed by atoms with Gasteiger partial charge in [-0.1, -0.05) is 0 Å². The van der Waals surface area contributed by atoms with Crippen molar-refractivity contribution in [1.82, 2.24) is 4.98 Å². The lowest BCUT2D eigenvalue weighted by molar-refractivity contribution is 0.0467. The fourth-order valence-electron chi connectivity index (χ4n) is 1.12. The summed E-state index contributed by atoms with van der Waals surface area (Å²) in [4.78, 5) is 14.8. The molecule has 0 unspecified atom stereocenters. The molecule has 0 saturated carbocycles. The number of carbonyl (C=O) groups is 1. The third-order valence-electron chi connectivity index (χ3n) is 1.79. The van der Waals surface area contributed by atoms with Crippen molar-refractivity contribution >= 4 is 5.97 Å². The first kappa shape index (κ1) is 13.6. The lowest BCUT2D eigenvalue weighted by atomic mass is 10.3. The zero-order valence-corrected chi connectivity index (χ0v) is 9.53. The quantitative estimate of drug-likeness (QED) is 0.724. The van der Waals surface area contributed by atoms with E-state index in [-0.39, 0.29) is 19.1 Å². The highest BCUT2D eigenvalue weighted by molar-refractivity contribution is 5.87. The van der Waals surface area contributed by atoms with Crippen LogP contribution in [0.5, 0.6) is 0 Å². The largest absolute Gasteiger partial charge is 0.460 e. The maximum absolute atomic E-state index is 12.6. The predicted molar refractivity (Wildman–Crippen MR) is 52.7 cm³/mol. The number of hydrogen-bond donors (Lipinski definition) is 0. The number of oxazole rings is 1. The second kappa shape index (κ2) is 6.29. The van der Waals surface area contributed by atoms with Gasteiger partial charge in [0.25, 0.3) is 6.43 Å². The van der Waals surface area contributed by atoms with Gasteiger partial charge in [0.05, 0.1) is 6.61 Å². The third-order valence-corrected chi connectivity index (χ3v) is 1.79. The summed E-state index contributed by atoms with van der Waals surface area (Å²) in [6, 6.07) is 0. The van der Waals surface area contributed by atoms with E-state index in [0.717, 1.165) is 0 Å². The topological polar surface area (TPSA) is 61.6 Å². The van der Waals surface area contributed by atoms with Crippen molar-refractivity contribution in [3.63, 3.8) is 0 Å². The van der Waals surface area contributed by atoms with Crippen molar-refractivity contribution in [1.29, 1.82) is 0 Å². The molecule has 1 rings (SSSR count). The Kier molecular flexibility index (Phi) is 5.02. The average molecular weight is 249 g/mol. The van der Waals surface area contributed by atoms with Crippen molar-refractivity contribution in [3.05, 3.63) is 17.3 Å². The number of carbonyl (C=O) groups excluding carboxylic acids is 1. The molecule has 1 aromatic heterocycles. The Balaban J connectivity index is 2.92. The van der Waals surface area contributed by atoms with E-state index in [4.69, 9.17) is 9.15 Å². The molecule has 0 bridgehead atoms. The van der Waals surface area contributed by atoms with E-state index in [0.29, 0.717) is 6.61 Å². The highest BCUT2D eigenvalue weighted by Crippen LogP contribution is 2.24. The van der Waals surface area contributed by atoms with E-state index in [1.807, 2.05) is 0 Å². The molecule has 17 heavy (non-hydrogen) atoms. The predicted octanol–water partition coefficient (Wildman–Crippen LogP) is 2.33. The van der Waals surface area contributed by atoms with Crippen molar-refractivity contribution in [2.45, 2.75) is 26.9 Å². The molecule has 96 valence electrons. The van der Waals surface area contributed by atoms with Crippen molar-refractivity contribution in [3.8, 4) is 0 Å². The fraction of sp³-hybridized carbons (Fsp3) is 0.600. The summed E-state index contributed by atoms with van der Waals surface area (Å²) in [6.07, 6.45) is -2.89. The van der Waals surface area contributed by atoms with Crippen molar-refractivity contribution in [2.24, 2.45) is 0 Å². The van der Waals surface area contributed by atoms with E-state index in [9.17, 15) is 13.6 Å². The van der Waals surface area contributed by atoms with Gasteiger partial charge in [0.15, 0.2) is 5.69 Å². The van der Waals surface area contributed by atoms with Gasteiger partial charge in [-0.3, -0.25) is 0 Å². The van der Waals surface area contributed by atoms with Crippen LogP contribution in [-0.2, 0) is 16.1 Å². The normalized spacial score (nSPS) is 10.9. The zero-order valence-electron chi connectivity index (χ0n) is 9.53. The van der Waals surface area contributed by atoms with Crippen molar-refractivity contribution in [2.75, 3.05) is 13.2 Å². The first-order valence-electron chi connectivity index (χ1n) is 5.12. The smallest absolute Gasteiger partial charge is 0.376 e. The third kappa shape index (κ3) is 3.48. The van der Waals surface area contributed by atoms with Crippen LogP contribution in [0.1, 0.15) is 42.4 Å². The van der Waals surface area contributed by atoms with Crippen LogP contribution >= 0.6 is 0 Å². The van der Waals surface area contributed by atoms with Crippen LogP contribution in [-0.4, -0.2) is 24.2 Å². The summed E-state index contributed by atoms with van der Waals surface area (Å²) in [7, 11) is 0. The Hall–Kier alpha value is -1.50. The molecule has 7 heteroatoms. The van der Waals surface area contributed by atoms with E-state index in [1.165, 1.54) is 0 Å². The minimum atomic E-state index is -2.89. The van der Waals surface area contributed by atoms with Gasteiger partial charge >= 0.3 is 5.97 Å². The maximum Gasteiger partial charge on any atom is 0.376 e. The van der Waals surface area contributed by atoms with Gasteiger partial charge in [-0.2, -0.15) is 0 Å². The molecule has 0 amide bonds. The molecule has 0 aromatic carbocycles. The summed E-state index contributed by atoms with van der Waals surface area (Å²) in [5.41, 5.74) is -0.710. The molecule has 0 atom stereocenters. The van der Waals surface area contributed by atoms with Gasteiger partial charge < -0.3 is 13.9 Å². The minimum absolute atomic E-state index is 0.0599. The Bertz CT molecular complexity index is 378. The summed E-state index contributed by atoms with van der Waals surface area (Å²) < 4.78 is 39.6. The highest BCUT2D eigenvalue weighted by Gasteiger charge is 2.27. The Morgan fingerprint density at radius 3 is 2.65 bits per heavy atom. The molecule has 0 saturated heterocycles. The van der Waals surface area contributed by atoms with Crippen molar-refractivity contribution < 1.29 is 27.5 Å². The minimum Gasteiger partial charge on any atom is -0.460 e. The Morgan fingerprint density at radius 2 is 2.12 bits per heavy atom. The van der Waals surface area contributed by atoms with Crippen LogP contribution < -0.4 is 0 Å². The zero-order chi connectivity index (χ0) is 12.8. The summed E-state index contributed by atoms with van der Waals surface area (Å²) in [5.74, 6) is -1.57. The molecule has 0 aliphatic carbocycles. The second-order valence-corrected chi connectivity index (χ2v) is 2.98. The van der Waals surface area contributed by atoms with Gasteiger partial charge in [0.2, 0.25) is 11.7 Å². The Morgan fingerprint density at radius 1 is 1.41 bits per heavy atom. The van der Waals surface area contributed by atoms with Crippen LogP contribution in [0.3, 0.4) is 0 Å². The molecule has 1 heterocycles. The Labute approximate surface area is 96.7 Å². The number of esters is 1. The standard InChI is InChI=1S/C10H13F2NO4/c1-3-15-5-6-13-7(9(11)12)8(17-6)10(14)16-4-2/h9H,3-5H2,1-2H3. The first-order valence-corrected chi connectivity index (χ1v) is 5.12. The SMILES string of the molecule is CCOCc1nc(C(F)F)c(C(=O)OCC)o1. The molecule has 0 aliphatic rings. The van der Waals surface area contributed by atoms with Crippen LogP contribution in [0.4, 0.5) is 8.78 Å². The van der Waals surface area contributed by atoms with Gasteiger partial charge in [0, 0.05) is 6.61 Å². The molecule has 1 aromatic rings. The van der Waals surface area contributed by atoms with E-state index in [2.05, 4.69) is 9.72 Å². The molecule has 0 spiro atoms. The van der Waals surface area contributed by atoms with Crippen LogP contribution in [0.2, 0.25) is 0 Å². The number of aromatic nitrogens is 1. The fourth-order valence-corrected chi connectivity index (χ4v) is 1.12. The van der Waals surface area contributed by atoms with Crippen LogP contribution in [0, 0.1) is 0 Å². The number of halogens is 2. The van der Waals surface area contributed by atoms with Gasteiger partial charge in [-0.15, -0.1) is 0 Å². The molecule has 0 radical (unpaired) electrons. The molecular weight excluding hydrogens is 236 g/mol. The van der Waals surface area contributed by atoms with Gasteiger partial charge in [-0.05, 0) is 13.8 Å². The van der Waals surface area contributed by atoms with E-state index >= 15 is 0 Å². The second-order valence-electron chi connectivity index (χ2n) is 2.98. The lowest BCUT2D eigenvalue weighted by Crippen LogP contribution is -2.06. The van der Waals surface area contributed by atoms with Crippen LogP contribution in [0.15, 0.2) is 4.42 Å². The molecule has 0 N–H and O–H groups in total. The lowest BCUT2D eigenvalue weighted by Gasteiger charge is -1.99. The van der Waals surface area contributed by atoms with Crippen LogP contribution in [0.25, 0.3) is 0 Å². The molecule has 0 aliphatic heterocycles. The number of ether oxygens (including phenoxy) is 2. The summed E-state index contributed by atoms with van der Waals surface area (Å²) in [5, 5.41) is 0. The molecule has 0 fully saturated rings. The number of hydrogen-bond acceptors (Lipinski definition) is 5. The van der Waals surface area contributed by atoms with E-state index in [1.54, 1.807) is 13.8 Å². The number of rotatable bonds is 6. The van der Waals surface area contributed by atoms with E-state index < -0.39 is 23.8 Å². The number of alkyl halides is 2.